The molecular formula is C18H19FN2O3. The number of carbonyl (C=O) groups is 1. The average molecular weight is 330 g/mol. The highest BCUT2D eigenvalue weighted by Crippen LogP contribution is 2.58. The lowest BCUT2D eigenvalue weighted by Gasteiger charge is -2.19. The van der Waals surface area contributed by atoms with E-state index in [1.807, 2.05) is 0 Å². The maximum absolute atomic E-state index is 13.5. The summed E-state index contributed by atoms with van der Waals surface area (Å²) < 4.78 is 19.6. The Hall–Kier alpha value is -2.21. The topological polar surface area (TPSA) is 51.7 Å². The SMILES string of the molecule is CON(C)C(=O)[C@H]1[C@@H]2C[C@H](Oc3ccnc4ccc(F)cc34)C[C@@H]21. The van der Waals surface area contributed by atoms with Crippen LogP contribution in [0, 0.1) is 23.6 Å². The number of hydroxylamine groups is 2. The van der Waals surface area contributed by atoms with Gasteiger partial charge in [0.05, 0.1) is 18.7 Å². The van der Waals surface area contributed by atoms with E-state index in [0.717, 1.165) is 12.8 Å². The molecule has 5 nitrogen and oxygen atoms in total. The number of fused-ring (bicyclic) bond motifs is 2. The summed E-state index contributed by atoms with van der Waals surface area (Å²) in [5.74, 6) is 1.18. The number of carbonyl (C=O) groups excluding carboxylic acids is 1. The van der Waals surface area contributed by atoms with Crippen molar-refractivity contribution in [2.75, 3.05) is 14.2 Å². The number of hydrogen-bond donors (Lipinski definition) is 0. The first-order chi connectivity index (χ1) is 11.6. The van der Waals surface area contributed by atoms with E-state index < -0.39 is 0 Å². The van der Waals surface area contributed by atoms with E-state index in [-0.39, 0.29) is 23.7 Å². The fourth-order valence-corrected chi connectivity index (χ4v) is 3.93. The number of amides is 1. The fourth-order valence-electron chi connectivity index (χ4n) is 3.93. The molecule has 1 amide bonds. The Morgan fingerprint density at radius 1 is 1.29 bits per heavy atom. The van der Waals surface area contributed by atoms with Crippen LogP contribution >= 0.6 is 0 Å². The van der Waals surface area contributed by atoms with E-state index in [4.69, 9.17) is 9.57 Å². The van der Waals surface area contributed by atoms with E-state index in [1.54, 1.807) is 25.4 Å². The molecule has 4 atom stereocenters. The van der Waals surface area contributed by atoms with E-state index in [2.05, 4.69) is 4.98 Å². The van der Waals surface area contributed by atoms with E-state index >= 15 is 0 Å². The summed E-state index contributed by atoms with van der Waals surface area (Å²) in [7, 11) is 3.14. The van der Waals surface area contributed by atoms with Crippen LogP contribution in [0.25, 0.3) is 10.9 Å². The van der Waals surface area contributed by atoms with Gasteiger partial charge in [0.1, 0.15) is 11.6 Å². The Labute approximate surface area is 139 Å². The number of rotatable bonds is 4. The van der Waals surface area contributed by atoms with Crippen LogP contribution in [-0.2, 0) is 9.63 Å². The number of halogens is 1. The van der Waals surface area contributed by atoms with Crippen LogP contribution < -0.4 is 4.74 Å². The average Bonchev–Trinajstić information content (AvgIpc) is 3.09. The van der Waals surface area contributed by atoms with Gasteiger partial charge in [-0.2, -0.15) is 0 Å². The van der Waals surface area contributed by atoms with Gasteiger partial charge in [-0.25, -0.2) is 9.45 Å². The van der Waals surface area contributed by atoms with Crippen LogP contribution in [0.4, 0.5) is 4.39 Å². The van der Waals surface area contributed by atoms with Crippen molar-refractivity contribution < 1.29 is 18.8 Å². The standard InChI is InChI=1S/C18H19FN2O3/c1-21(23-2)18(22)17-12-8-11(9-13(12)17)24-16-5-6-20-15-4-3-10(19)7-14(15)16/h3-7,11-13,17H,8-9H2,1-2H3/t11-,12+,13-,17-. The van der Waals surface area contributed by atoms with Crippen LogP contribution in [-0.4, -0.2) is 36.2 Å². The second-order valence-electron chi connectivity index (χ2n) is 6.55. The molecule has 1 aromatic heterocycles. The zero-order valence-corrected chi connectivity index (χ0v) is 13.6. The van der Waals surface area contributed by atoms with Gasteiger partial charge in [-0.15, -0.1) is 0 Å². The highest BCUT2D eigenvalue weighted by Gasteiger charge is 2.61. The van der Waals surface area contributed by atoms with Gasteiger partial charge >= 0.3 is 0 Å². The van der Waals surface area contributed by atoms with Crippen molar-refractivity contribution in [2.24, 2.45) is 17.8 Å². The quantitative estimate of drug-likeness (QED) is 0.809. The third-order valence-corrected chi connectivity index (χ3v) is 5.23. The molecule has 2 aromatic rings. The number of benzene rings is 1. The third kappa shape index (κ3) is 2.51. The zero-order chi connectivity index (χ0) is 16.8. The second kappa shape index (κ2) is 5.70. The van der Waals surface area contributed by atoms with Gasteiger partial charge in [0, 0.05) is 24.5 Å². The van der Waals surface area contributed by atoms with Crippen molar-refractivity contribution in [3.63, 3.8) is 0 Å². The largest absolute Gasteiger partial charge is 0.490 e. The van der Waals surface area contributed by atoms with Crippen LogP contribution in [0.5, 0.6) is 5.75 Å². The lowest BCUT2D eigenvalue weighted by molar-refractivity contribution is -0.171. The molecule has 0 spiro atoms. The molecule has 2 saturated carbocycles. The highest BCUT2D eigenvalue weighted by molar-refractivity contribution is 5.85. The predicted molar refractivity (Wildman–Crippen MR) is 85.6 cm³/mol. The number of aromatic nitrogens is 1. The minimum Gasteiger partial charge on any atom is -0.490 e. The summed E-state index contributed by atoms with van der Waals surface area (Å²) in [6.45, 7) is 0. The van der Waals surface area contributed by atoms with Crippen LogP contribution in [0.2, 0.25) is 0 Å². The first kappa shape index (κ1) is 15.3. The van der Waals surface area contributed by atoms with E-state index in [9.17, 15) is 9.18 Å². The number of nitrogens with zero attached hydrogens (tertiary/aromatic N) is 2. The third-order valence-electron chi connectivity index (χ3n) is 5.23. The lowest BCUT2D eigenvalue weighted by Crippen LogP contribution is -2.29. The molecule has 0 saturated heterocycles. The molecule has 1 heterocycles. The number of ether oxygens (including phenoxy) is 1. The minimum absolute atomic E-state index is 0.0439. The van der Waals surface area contributed by atoms with Crippen molar-refractivity contribution in [2.45, 2.75) is 18.9 Å². The Morgan fingerprint density at radius 3 is 2.75 bits per heavy atom. The van der Waals surface area contributed by atoms with Gasteiger partial charge in [0.15, 0.2) is 0 Å². The van der Waals surface area contributed by atoms with Crippen molar-refractivity contribution in [1.82, 2.24) is 10.0 Å². The van der Waals surface area contributed by atoms with Crippen molar-refractivity contribution in [3.8, 4) is 5.75 Å². The van der Waals surface area contributed by atoms with Gasteiger partial charge in [-0.05, 0) is 48.9 Å². The number of hydrogen-bond acceptors (Lipinski definition) is 4. The summed E-state index contributed by atoms with van der Waals surface area (Å²) in [6, 6.07) is 6.27. The van der Waals surface area contributed by atoms with E-state index in [1.165, 1.54) is 24.3 Å². The van der Waals surface area contributed by atoms with Crippen molar-refractivity contribution in [3.05, 3.63) is 36.3 Å². The van der Waals surface area contributed by atoms with Gasteiger partial charge < -0.3 is 4.74 Å². The molecule has 0 unspecified atom stereocenters. The number of pyridine rings is 1. The predicted octanol–water partition coefficient (Wildman–Crippen LogP) is 2.80. The molecule has 0 radical (unpaired) electrons. The van der Waals surface area contributed by atoms with Gasteiger partial charge in [-0.1, -0.05) is 0 Å². The Balaban J connectivity index is 1.45. The summed E-state index contributed by atoms with van der Waals surface area (Å²) in [6.07, 6.45) is 3.42. The summed E-state index contributed by atoms with van der Waals surface area (Å²) in [4.78, 5) is 21.3. The van der Waals surface area contributed by atoms with Gasteiger partial charge in [0.25, 0.3) is 0 Å². The molecule has 4 rings (SSSR count). The van der Waals surface area contributed by atoms with Crippen LogP contribution in [0.3, 0.4) is 0 Å². The molecule has 0 N–H and O–H groups in total. The molecule has 0 aliphatic heterocycles. The normalized spacial score (nSPS) is 27.8. The maximum atomic E-state index is 13.5. The molecule has 2 aliphatic rings. The fraction of sp³-hybridized carbons (Fsp3) is 0.444. The highest BCUT2D eigenvalue weighted by atomic mass is 19.1. The summed E-state index contributed by atoms with van der Waals surface area (Å²) >= 11 is 0. The molecule has 0 bridgehead atoms. The molecule has 24 heavy (non-hydrogen) atoms. The first-order valence-electron chi connectivity index (χ1n) is 8.11. The Bertz CT molecular complexity index is 785. The summed E-state index contributed by atoms with van der Waals surface area (Å²) in [5.41, 5.74) is 0.715. The molecule has 2 fully saturated rings. The zero-order valence-electron chi connectivity index (χ0n) is 13.6. The monoisotopic (exact) mass is 330 g/mol. The van der Waals surface area contributed by atoms with Crippen LogP contribution in [0.15, 0.2) is 30.5 Å². The van der Waals surface area contributed by atoms with Crippen LogP contribution in [0.1, 0.15) is 12.8 Å². The first-order valence-corrected chi connectivity index (χ1v) is 8.11. The maximum Gasteiger partial charge on any atom is 0.249 e. The minimum atomic E-state index is -0.303. The molecule has 2 aliphatic carbocycles. The molecular weight excluding hydrogens is 311 g/mol. The second-order valence-corrected chi connectivity index (χ2v) is 6.55. The molecule has 6 heteroatoms. The van der Waals surface area contributed by atoms with E-state index in [0.29, 0.717) is 28.5 Å². The van der Waals surface area contributed by atoms with Gasteiger partial charge in [0.2, 0.25) is 5.91 Å². The van der Waals surface area contributed by atoms with Crippen molar-refractivity contribution in [1.29, 1.82) is 0 Å². The Morgan fingerprint density at radius 2 is 2.04 bits per heavy atom. The Kier molecular flexibility index (Phi) is 3.64. The molecule has 1 aromatic carbocycles. The summed E-state index contributed by atoms with van der Waals surface area (Å²) in [5, 5.41) is 1.99. The van der Waals surface area contributed by atoms with Crippen molar-refractivity contribution >= 4 is 16.8 Å². The lowest BCUT2D eigenvalue weighted by atomic mass is 10.1. The smallest absolute Gasteiger partial charge is 0.249 e. The van der Waals surface area contributed by atoms with Gasteiger partial charge in [-0.3, -0.25) is 14.6 Å². The molecule has 126 valence electrons.